The Labute approximate surface area is 304 Å². The molecule has 244 valence electrons. The molecule has 0 bridgehead atoms. The maximum atomic E-state index is 2.38. The molecule has 0 unspecified atom stereocenters. The van der Waals surface area contributed by atoms with Crippen LogP contribution < -0.4 is 4.90 Å². The lowest BCUT2D eigenvalue weighted by Crippen LogP contribution is -2.09. The summed E-state index contributed by atoms with van der Waals surface area (Å²) >= 11 is 0. The standard InChI is InChI=1S/C51H35N/c1-34-27-29-39(30-28-34)52(38-20-9-4-10-21-38)40-22-13-19-37(33-40)41-31-32-46-49-42(41)25-14-26-45(49)50-47(35-15-5-2-6-16-35)43-23-11-12-24-44(43)48(51(46)50)36-17-7-3-8-18-36/h2-33H,1H3. The minimum Gasteiger partial charge on any atom is -0.310 e. The topological polar surface area (TPSA) is 3.24 Å². The highest BCUT2D eigenvalue weighted by molar-refractivity contribution is 6.28. The van der Waals surface area contributed by atoms with Crippen molar-refractivity contribution in [1.29, 1.82) is 0 Å². The van der Waals surface area contributed by atoms with Gasteiger partial charge in [-0.2, -0.15) is 0 Å². The molecule has 1 nitrogen and oxygen atoms in total. The molecule has 0 radical (unpaired) electrons. The van der Waals surface area contributed by atoms with E-state index in [2.05, 4.69) is 206 Å². The zero-order valence-corrected chi connectivity index (χ0v) is 28.9. The summed E-state index contributed by atoms with van der Waals surface area (Å²) in [5, 5.41) is 5.15. The molecule has 0 aromatic heterocycles. The maximum absolute atomic E-state index is 2.38. The molecule has 0 heterocycles. The summed E-state index contributed by atoms with van der Waals surface area (Å²) in [7, 11) is 0. The van der Waals surface area contributed by atoms with Crippen molar-refractivity contribution in [2.45, 2.75) is 6.92 Å². The van der Waals surface area contributed by atoms with Gasteiger partial charge in [0.15, 0.2) is 0 Å². The smallest absolute Gasteiger partial charge is 0.0467 e. The van der Waals surface area contributed by atoms with Crippen molar-refractivity contribution in [1.82, 2.24) is 0 Å². The Balaban J connectivity index is 1.23. The molecule has 9 aromatic rings. The number of nitrogens with zero attached hydrogens (tertiary/aromatic N) is 1. The molecule has 0 atom stereocenters. The van der Waals surface area contributed by atoms with Crippen molar-refractivity contribution in [2.24, 2.45) is 0 Å². The van der Waals surface area contributed by atoms with Crippen molar-refractivity contribution in [3.63, 3.8) is 0 Å². The third kappa shape index (κ3) is 4.78. The molecule has 1 aliphatic carbocycles. The second kappa shape index (κ2) is 12.3. The number of aryl methyl sites for hydroxylation is 1. The average Bonchev–Trinajstić information content (AvgIpc) is 3.54. The molecular formula is C51H35N. The first-order valence-electron chi connectivity index (χ1n) is 18.0. The van der Waals surface area contributed by atoms with Gasteiger partial charge < -0.3 is 4.90 Å². The first-order valence-corrected chi connectivity index (χ1v) is 18.0. The fourth-order valence-electron chi connectivity index (χ4n) is 8.39. The summed E-state index contributed by atoms with van der Waals surface area (Å²) in [4.78, 5) is 2.35. The van der Waals surface area contributed by atoms with E-state index in [9.17, 15) is 0 Å². The predicted octanol–water partition coefficient (Wildman–Crippen LogP) is 14.4. The Kier molecular flexibility index (Phi) is 7.11. The molecular weight excluding hydrogens is 627 g/mol. The Morgan fingerprint density at radius 2 is 0.769 bits per heavy atom. The fraction of sp³-hybridized carbons (Fsp3) is 0.0196. The first-order chi connectivity index (χ1) is 25.7. The van der Waals surface area contributed by atoms with Crippen molar-refractivity contribution in [2.75, 3.05) is 4.90 Å². The normalized spacial score (nSPS) is 11.6. The first kappa shape index (κ1) is 30.2. The molecule has 0 saturated heterocycles. The van der Waals surface area contributed by atoms with E-state index in [0.29, 0.717) is 0 Å². The van der Waals surface area contributed by atoms with Gasteiger partial charge in [0.05, 0.1) is 0 Å². The summed E-state index contributed by atoms with van der Waals surface area (Å²) < 4.78 is 0. The van der Waals surface area contributed by atoms with E-state index in [-0.39, 0.29) is 0 Å². The van der Waals surface area contributed by atoms with Crippen LogP contribution in [0.1, 0.15) is 5.56 Å². The van der Waals surface area contributed by atoms with Crippen LogP contribution in [-0.4, -0.2) is 0 Å². The SMILES string of the molecule is Cc1ccc(N(c2ccccc2)c2cccc(-c3ccc4c5c(cccc35)-c3c-4c(-c4ccccc4)c4ccccc4c3-c3ccccc3)c2)cc1. The van der Waals surface area contributed by atoms with Gasteiger partial charge in [0.1, 0.15) is 0 Å². The summed E-state index contributed by atoms with van der Waals surface area (Å²) in [5.74, 6) is 0. The van der Waals surface area contributed by atoms with Gasteiger partial charge in [0.25, 0.3) is 0 Å². The van der Waals surface area contributed by atoms with Gasteiger partial charge in [-0.15, -0.1) is 0 Å². The van der Waals surface area contributed by atoms with Gasteiger partial charge in [0.2, 0.25) is 0 Å². The molecule has 1 heteroatoms. The number of anilines is 3. The highest BCUT2D eigenvalue weighted by atomic mass is 15.1. The molecule has 0 aliphatic heterocycles. The molecule has 0 saturated carbocycles. The Bertz CT molecular complexity index is 2670. The molecule has 10 rings (SSSR count). The number of hydrogen-bond donors (Lipinski definition) is 0. The van der Waals surface area contributed by atoms with Gasteiger partial charge in [0, 0.05) is 17.1 Å². The number of benzene rings is 9. The van der Waals surface area contributed by atoms with E-state index in [1.165, 1.54) is 82.7 Å². The van der Waals surface area contributed by atoms with Gasteiger partial charge in [-0.1, -0.05) is 163 Å². The summed E-state index contributed by atoms with van der Waals surface area (Å²) in [6.45, 7) is 2.14. The molecule has 1 aliphatic rings. The lowest BCUT2D eigenvalue weighted by Gasteiger charge is -2.26. The monoisotopic (exact) mass is 661 g/mol. The number of rotatable bonds is 6. The summed E-state index contributed by atoms with van der Waals surface area (Å²) in [5.41, 5.74) is 17.4. The second-order valence-corrected chi connectivity index (χ2v) is 13.7. The van der Waals surface area contributed by atoms with Crippen LogP contribution in [0.2, 0.25) is 0 Å². The van der Waals surface area contributed by atoms with E-state index in [1.54, 1.807) is 0 Å². The third-order valence-electron chi connectivity index (χ3n) is 10.6. The highest BCUT2D eigenvalue weighted by Gasteiger charge is 2.31. The minimum atomic E-state index is 1.13. The minimum absolute atomic E-state index is 1.13. The van der Waals surface area contributed by atoms with E-state index >= 15 is 0 Å². The molecule has 9 aromatic carbocycles. The molecule has 0 spiro atoms. The highest BCUT2D eigenvalue weighted by Crippen LogP contribution is 2.58. The van der Waals surface area contributed by atoms with Crippen LogP contribution in [-0.2, 0) is 0 Å². The third-order valence-corrected chi connectivity index (χ3v) is 10.6. The molecule has 0 amide bonds. The largest absolute Gasteiger partial charge is 0.310 e. The van der Waals surface area contributed by atoms with Gasteiger partial charge in [-0.05, 0) is 121 Å². The zero-order valence-electron chi connectivity index (χ0n) is 28.9. The molecule has 52 heavy (non-hydrogen) atoms. The van der Waals surface area contributed by atoms with E-state index in [1.807, 2.05) is 0 Å². The van der Waals surface area contributed by atoms with Gasteiger partial charge in [-0.25, -0.2) is 0 Å². The second-order valence-electron chi connectivity index (χ2n) is 13.7. The van der Waals surface area contributed by atoms with Crippen molar-refractivity contribution < 1.29 is 0 Å². The van der Waals surface area contributed by atoms with Crippen LogP contribution in [0.25, 0.3) is 77.2 Å². The van der Waals surface area contributed by atoms with Crippen molar-refractivity contribution in [3.05, 3.63) is 200 Å². The lowest BCUT2D eigenvalue weighted by molar-refractivity contribution is 1.28. The van der Waals surface area contributed by atoms with Crippen LogP contribution in [0.5, 0.6) is 0 Å². The average molecular weight is 662 g/mol. The van der Waals surface area contributed by atoms with Crippen LogP contribution in [0.3, 0.4) is 0 Å². The van der Waals surface area contributed by atoms with Crippen molar-refractivity contribution >= 4 is 38.6 Å². The number of fused-ring (bicyclic) bond motifs is 4. The van der Waals surface area contributed by atoms with Gasteiger partial charge >= 0.3 is 0 Å². The zero-order chi connectivity index (χ0) is 34.6. The van der Waals surface area contributed by atoms with Crippen LogP contribution >= 0.6 is 0 Å². The summed E-state index contributed by atoms with van der Waals surface area (Å²) in [6.07, 6.45) is 0. The number of hydrogen-bond acceptors (Lipinski definition) is 1. The van der Waals surface area contributed by atoms with Gasteiger partial charge in [-0.3, -0.25) is 0 Å². The predicted molar refractivity (Wildman–Crippen MR) is 222 cm³/mol. The van der Waals surface area contributed by atoms with Crippen LogP contribution in [0.4, 0.5) is 17.1 Å². The van der Waals surface area contributed by atoms with E-state index in [4.69, 9.17) is 0 Å². The Morgan fingerprint density at radius 1 is 0.308 bits per heavy atom. The quantitative estimate of drug-likeness (QED) is 0.171. The summed E-state index contributed by atoms with van der Waals surface area (Å²) in [6, 6.07) is 71.0. The maximum Gasteiger partial charge on any atom is 0.0467 e. The van der Waals surface area contributed by atoms with Crippen molar-refractivity contribution in [3.8, 4) is 55.6 Å². The van der Waals surface area contributed by atoms with Crippen LogP contribution in [0, 0.1) is 6.92 Å². The number of para-hydroxylation sites is 1. The molecule has 0 N–H and O–H groups in total. The Hall–Kier alpha value is -6.70. The van der Waals surface area contributed by atoms with E-state index < -0.39 is 0 Å². The lowest BCUT2D eigenvalue weighted by atomic mass is 9.82. The van der Waals surface area contributed by atoms with Crippen LogP contribution in [0.15, 0.2) is 194 Å². The Morgan fingerprint density at radius 3 is 1.40 bits per heavy atom. The molecule has 0 fully saturated rings. The van der Waals surface area contributed by atoms with E-state index in [0.717, 1.165) is 17.1 Å². The fourth-order valence-corrected chi connectivity index (χ4v) is 8.39.